The highest BCUT2D eigenvalue weighted by Gasteiger charge is 2.13. The van der Waals surface area contributed by atoms with E-state index in [2.05, 4.69) is 4.98 Å². The number of anilines is 1. The number of nitrogens with one attached hydrogen (secondary N) is 1. The van der Waals surface area contributed by atoms with Gasteiger partial charge in [-0.2, -0.15) is 0 Å². The second kappa shape index (κ2) is 5.21. The zero-order chi connectivity index (χ0) is 12.3. The summed E-state index contributed by atoms with van der Waals surface area (Å²) in [6.45, 7) is 0.643. The van der Waals surface area contributed by atoms with E-state index in [4.69, 9.17) is 5.73 Å². The Morgan fingerprint density at radius 1 is 1.29 bits per heavy atom. The molecule has 1 aromatic heterocycles. The van der Waals surface area contributed by atoms with Crippen LogP contribution in [0.25, 0.3) is 0 Å². The summed E-state index contributed by atoms with van der Waals surface area (Å²) in [4.78, 5) is 24.8. The monoisotopic (exact) mass is 237 g/mol. The van der Waals surface area contributed by atoms with Crippen molar-refractivity contribution in [3.8, 4) is 0 Å². The van der Waals surface area contributed by atoms with Gasteiger partial charge < -0.3 is 5.73 Å². The molecule has 1 aromatic rings. The fraction of sp³-hybridized carbons (Fsp3) is 0.667. The molecule has 0 aliphatic heterocycles. The average Bonchev–Trinajstić information content (AvgIpc) is 2.33. The van der Waals surface area contributed by atoms with E-state index in [1.54, 1.807) is 0 Å². The van der Waals surface area contributed by atoms with Crippen molar-refractivity contribution in [3.05, 3.63) is 27.0 Å². The number of nitrogens with two attached hydrogens (primary N) is 1. The Labute approximate surface area is 99.7 Å². The molecule has 0 atom stereocenters. The average molecular weight is 237 g/mol. The molecule has 0 radical (unpaired) electrons. The zero-order valence-electron chi connectivity index (χ0n) is 9.95. The SMILES string of the molecule is Nc1cn(CCC2CCCCC2)c(=O)[nH]c1=O. The molecule has 0 spiro atoms. The van der Waals surface area contributed by atoms with Crippen LogP contribution >= 0.6 is 0 Å². The molecule has 0 aromatic carbocycles. The third-order valence-electron chi connectivity index (χ3n) is 3.54. The van der Waals surface area contributed by atoms with Gasteiger partial charge in [0.15, 0.2) is 0 Å². The lowest BCUT2D eigenvalue weighted by Crippen LogP contribution is -2.31. The van der Waals surface area contributed by atoms with Crippen molar-refractivity contribution in [1.82, 2.24) is 9.55 Å². The van der Waals surface area contributed by atoms with Crippen molar-refractivity contribution in [2.75, 3.05) is 5.73 Å². The zero-order valence-corrected chi connectivity index (χ0v) is 9.95. The van der Waals surface area contributed by atoms with Gasteiger partial charge in [0.1, 0.15) is 5.69 Å². The summed E-state index contributed by atoms with van der Waals surface area (Å²) >= 11 is 0. The molecule has 1 aliphatic carbocycles. The second-order valence-corrected chi connectivity index (χ2v) is 4.83. The van der Waals surface area contributed by atoms with E-state index < -0.39 is 5.56 Å². The van der Waals surface area contributed by atoms with Crippen LogP contribution in [0.1, 0.15) is 38.5 Å². The van der Waals surface area contributed by atoms with Gasteiger partial charge >= 0.3 is 5.69 Å². The Morgan fingerprint density at radius 2 is 2.00 bits per heavy atom. The summed E-state index contributed by atoms with van der Waals surface area (Å²) in [5.41, 5.74) is 4.74. The van der Waals surface area contributed by atoms with Crippen LogP contribution in [0.5, 0.6) is 0 Å². The maximum Gasteiger partial charge on any atom is 0.328 e. The number of aryl methyl sites for hydroxylation is 1. The van der Waals surface area contributed by atoms with Crippen LogP contribution in [0.4, 0.5) is 5.69 Å². The Bertz CT molecular complexity index is 483. The number of rotatable bonds is 3. The first kappa shape index (κ1) is 12.0. The first-order chi connectivity index (χ1) is 8.16. The standard InChI is InChI=1S/C12H19N3O2/c13-10-8-15(12(17)14-11(10)16)7-6-9-4-2-1-3-5-9/h8-9H,1-7,13H2,(H,14,16,17). The summed E-state index contributed by atoms with van der Waals surface area (Å²) in [5, 5.41) is 0. The minimum absolute atomic E-state index is 0.105. The Balaban J connectivity index is 2.01. The van der Waals surface area contributed by atoms with Crippen LogP contribution in [-0.4, -0.2) is 9.55 Å². The summed E-state index contributed by atoms with van der Waals surface area (Å²) in [6, 6.07) is 0. The van der Waals surface area contributed by atoms with E-state index >= 15 is 0 Å². The molecule has 94 valence electrons. The normalized spacial score (nSPS) is 17.2. The van der Waals surface area contributed by atoms with E-state index in [1.807, 2.05) is 0 Å². The van der Waals surface area contributed by atoms with E-state index in [0.29, 0.717) is 12.5 Å². The molecule has 5 heteroatoms. The van der Waals surface area contributed by atoms with E-state index in [9.17, 15) is 9.59 Å². The van der Waals surface area contributed by atoms with Crippen molar-refractivity contribution < 1.29 is 0 Å². The van der Waals surface area contributed by atoms with E-state index in [0.717, 1.165) is 6.42 Å². The van der Waals surface area contributed by atoms with Gasteiger partial charge in [0, 0.05) is 12.7 Å². The predicted octanol–water partition coefficient (Wildman–Crippen LogP) is 1.09. The van der Waals surface area contributed by atoms with Crippen molar-refractivity contribution >= 4 is 5.69 Å². The van der Waals surface area contributed by atoms with Crippen molar-refractivity contribution in [1.29, 1.82) is 0 Å². The lowest BCUT2D eigenvalue weighted by atomic mass is 9.87. The van der Waals surface area contributed by atoms with Gasteiger partial charge in [-0.15, -0.1) is 0 Å². The number of hydrogen-bond acceptors (Lipinski definition) is 3. The molecule has 1 fully saturated rings. The third-order valence-corrected chi connectivity index (χ3v) is 3.54. The maximum atomic E-state index is 11.5. The number of nitrogens with zero attached hydrogens (tertiary/aromatic N) is 1. The van der Waals surface area contributed by atoms with Gasteiger partial charge in [-0.25, -0.2) is 4.79 Å². The number of H-pyrrole nitrogens is 1. The first-order valence-electron chi connectivity index (χ1n) is 6.26. The van der Waals surface area contributed by atoms with Crippen LogP contribution in [0, 0.1) is 5.92 Å². The smallest absolute Gasteiger partial charge is 0.328 e. The fourth-order valence-electron chi connectivity index (χ4n) is 2.49. The van der Waals surface area contributed by atoms with Gasteiger partial charge in [-0.05, 0) is 12.3 Å². The minimum Gasteiger partial charge on any atom is -0.393 e. The van der Waals surface area contributed by atoms with Crippen molar-refractivity contribution in [3.63, 3.8) is 0 Å². The van der Waals surface area contributed by atoms with Gasteiger partial charge in [-0.3, -0.25) is 14.3 Å². The minimum atomic E-state index is -0.496. The Hall–Kier alpha value is -1.52. The quantitative estimate of drug-likeness (QED) is 0.825. The lowest BCUT2D eigenvalue weighted by Gasteiger charge is -2.21. The van der Waals surface area contributed by atoms with Crippen molar-refractivity contribution in [2.24, 2.45) is 5.92 Å². The molecule has 0 saturated heterocycles. The van der Waals surface area contributed by atoms with Gasteiger partial charge in [-0.1, -0.05) is 32.1 Å². The van der Waals surface area contributed by atoms with Crippen LogP contribution in [-0.2, 0) is 6.54 Å². The maximum absolute atomic E-state index is 11.5. The molecular weight excluding hydrogens is 218 g/mol. The van der Waals surface area contributed by atoms with Crippen LogP contribution in [0.15, 0.2) is 15.8 Å². The molecular formula is C12H19N3O2. The molecule has 5 nitrogen and oxygen atoms in total. The summed E-state index contributed by atoms with van der Waals surface area (Å²) < 4.78 is 1.51. The van der Waals surface area contributed by atoms with Crippen LogP contribution < -0.4 is 17.0 Å². The summed E-state index contributed by atoms with van der Waals surface area (Å²) in [6.07, 6.45) is 8.89. The van der Waals surface area contributed by atoms with Crippen molar-refractivity contribution in [2.45, 2.75) is 45.1 Å². The topological polar surface area (TPSA) is 80.9 Å². The Kier molecular flexibility index (Phi) is 3.66. The highest BCUT2D eigenvalue weighted by Crippen LogP contribution is 2.26. The predicted molar refractivity (Wildman–Crippen MR) is 66.9 cm³/mol. The summed E-state index contributed by atoms with van der Waals surface area (Å²) in [7, 11) is 0. The van der Waals surface area contributed by atoms with E-state index in [-0.39, 0.29) is 11.4 Å². The molecule has 2 rings (SSSR count). The molecule has 0 unspecified atom stereocenters. The number of hydrogen-bond donors (Lipinski definition) is 2. The van der Waals surface area contributed by atoms with Gasteiger partial charge in [0.2, 0.25) is 0 Å². The number of nitrogen functional groups attached to an aromatic ring is 1. The molecule has 1 saturated carbocycles. The molecule has 1 aliphatic rings. The summed E-state index contributed by atoms with van der Waals surface area (Å²) in [5.74, 6) is 0.712. The second-order valence-electron chi connectivity index (χ2n) is 4.83. The van der Waals surface area contributed by atoms with Gasteiger partial charge in [0.25, 0.3) is 5.56 Å². The number of aromatic amines is 1. The van der Waals surface area contributed by atoms with Gasteiger partial charge in [0.05, 0.1) is 0 Å². The largest absolute Gasteiger partial charge is 0.393 e. The molecule has 0 bridgehead atoms. The molecule has 3 N–H and O–H groups in total. The highest BCUT2D eigenvalue weighted by atomic mass is 16.2. The first-order valence-corrected chi connectivity index (χ1v) is 6.26. The highest BCUT2D eigenvalue weighted by molar-refractivity contribution is 5.30. The molecule has 1 heterocycles. The third kappa shape index (κ3) is 2.99. The van der Waals surface area contributed by atoms with E-state index in [1.165, 1.54) is 42.9 Å². The Morgan fingerprint density at radius 3 is 2.71 bits per heavy atom. The fourth-order valence-corrected chi connectivity index (χ4v) is 2.49. The molecule has 0 amide bonds. The lowest BCUT2D eigenvalue weighted by molar-refractivity contribution is 0.322. The van der Waals surface area contributed by atoms with Crippen LogP contribution in [0.3, 0.4) is 0 Å². The molecule has 17 heavy (non-hydrogen) atoms. The van der Waals surface area contributed by atoms with Crippen LogP contribution in [0.2, 0.25) is 0 Å². The number of aromatic nitrogens is 2.